The van der Waals surface area contributed by atoms with Gasteiger partial charge in [0.05, 0.1) is 34.7 Å². The van der Waals surface area contributed by atoms with Crippen molar-refractivity contribution in [2.24, 2.45) is 0 Å². The van der Waals surface area contributed by atoms with Crippen LogP contribution in [0.1, 0.15) is 24.7 Å². The minimum atomic E-state index is -0.483. The van der Waals surface area contributed by atoms with Gasteiger partial charge >= 0.3 is 0 Å². The molecule has 1 aliphatic rings. The Balaban J connectivity index is 1.98. The van der Waals surface area contributed by atoms with Crippen molar-refractivity contribution in [3.63, 3.8) is 0 Å². The second-order valence-corrected chi connectivity index (χ2v) is 6.42. The second kappa shape index (κ2) is 6.81. The summed E-state index contributed by atoms with van der Waals surface area (Å²) in [6.45, 7) is 0.843. The Bertz CT molecular complexity index is 1070. The highest BCUT2D eigenvalue weighted by Crippen LogP contribution is 2.26. The topological polar surface area (TPSA) is 99.3 Å². The number of fused-ring (bicyclic) bond motifs is 1. The number of hydrogen-bond acceptors (Lipinski definition) is 6. The average Bonchev–Trinajstić information content (AvgIpc) is 3.22. The van der Waals surface area contributed by atoms with Gasteiger partial charge in [0.15, 0.2) is 0 Å². The van der Waals surface area contributed by atoms with Crippen molar-refractivity contribution in [1.29, 1.82) is 0 Å². The number of benzene rings is 2. The van der Waals surface area contributed by atoms with Crippen LogP contribution >= 0.6 is 0 Å². The van der Waals surface area contributed by atoms with Crippen molar-refractivity contribution in [3.05, 3.63) is 68.8 Å². The summed E-state index contributed by atoms with van der Waals surface area (Å²) in [6, 6.07) is 11.2. The summed E-state index contributed by atoms with van der Waals surface area (Å²) in [5.41, 5.74) is 0.686. The summed E-state index contributed by atoms with van der Waals surface area (Å²) in [5.74, 6) is 1.26. The molecule has 1 N–H and O–H groups in total. The molecule has 27 heavy (non-hydrogen) atoms. The molecule has 8 heteroatoms. The predicted octanol–water partition coefficient (Wildman–Crippen LogP) is 2.73. The van der Waals surface area contributed by atoms with Gasteiger partial charge in [0, 0.05) is 12.1 Å². The molecule has 2 heterocycles. The Kier molecular flexibility index (Phi) is 4.33. The minimum absolute atomic E-state index is 0.0801. The fourth-order valence-electron chi connectivity index (χ4n) is 3.42. The highest BCUT2D eigenvalue weighted by molar-refractivity contribution is 5.80. The Morgan fingerprint density at radius 1 is 1.26 bits per heavy atom. The van der Waals surface area contributed by atoms with Crippen molar-refractivity contribution in [2.75, 3.05) is 13.7 Å². The van der Waals surface area contributed by atoms with Crippen LogP contribution in [0.2, 0.25) is 0 Å². The van der Waals surface area contributed by atoms with Gasteiger partial charge < -0.3 is 10.1 Å². The quantitative estimate of drug-likeness (QED) is 0.563. The van der Waals surface area contributed by atoms with Gasteiger partial charge in [-0.1, -0.05) is 0 Å². The van der Waals surface area contributed by atoms with Crippen molar-refractivity contribution < 1.29 is 9.66 Å². The van der Waals surface area contributed by atoms with E-state index in [1.54, 1.807) is 35.9 Å². The Labute approximate surface area is 154 Å². The first kappa shape index (κ1) is 17.2. The molecular formula is C19H18N4O4. The van der Waals surface area contributed by atoms with Crippen molar-refractivity contribution in [1.82, 2.24) is 14.9 Å². The number of hydrogen-bond donors (Lipinski definition) is 1. The first-order chi connectivity index (χ1) is 13.1. The summed E-state index contributed by atoms with van der Waals surface area (Å²) in [4.78, 5) is 28.5. The number of rotatable bonds is 4. The third-order valence-corrected chi connectivity index (χ3v) is 4.79. The number of aromatic nitrogens is 2. The van der Waals surface area contributed by atoms with Gasteiger partial charge in [-0.05, 0) is 49.7 Å². The van der Waals surface area contributed by atoms with E-state index >= 15 is 0 Å². The summed E-state index contributed by atoms with van der Waals surface area (Å²) >= 11 is 0. The molecule has 0 radical (unpaired) electrons. The van der Waals surface area contributed by atoms with E-state index in [1.807, 2.05) is 0 Å². The zero-order chi connectivity index (χ0) is 19.0. The van der Waals surface area contributed by atoms with E-state index < -0.39 is 4.92 Å². The van der Waals surface area contributed by atoms with Crippen LogP contribution < -0.4 is 15.6 Å². The molecule has 0 saturated carbocycles. The van der Waals surface area contributed by atoms with Crippen LogP contribution in [0.4, 0.5) is 5.69 Å². The zero-order valence-corrected chi connectivity index (χ0v) is 14.7. The Morgan fingerprint density at radius 3 is 2.67 bits per heavy atom. The van der Waals surface area contributed by atoms with Gasteiger partial charge in [0.2, 0.25) is 0 Å². The van der Waals surface area contributed by atoms with Gasteiger partial charge in [-0.15, -0.1) is 0 Å². The number of nitro groups is 1. The van der Waals surface area contributed by atoms with Crippen LogP contribution in [-0.2, 0) is 0 Å². The molecule has 4 rings (SSSR count). The van der Waals surface area contributed by atoms with Gasteiger partial charge in [-0.25, -0.2) is 4.98 Å². The van der Waals surface area contributed by atoms with Crippen LogP contribution in [0.15, 0.2) is 47.3 Å². The van der Waals surface area contributed by atoms with Crippen LogP contribution in [0.5, 0.6) is 5.75 Å². The number of ether oxygens (including phenoxy) is 1. The lowest BCUT2D eigenvalue weighted by atomic mass is 10.1. The number of non-ortho nitro benzene ring substituents is 1. The van der Waals surface area contributed by atoms with Crippen molar-refractivity contribution in [3.8, 4) is 11.4 Å². The monoisotopic (exact) mass is 366 g/mol. The van der Waals surface area contributed by atoms with Gasteiger partial charge in [-0.2, -0.15) is 0 Å². The van der Waals surface area contributed by atoms with Crippen molar-refractivity contribution in [2.45, 2.75) is 18.9 Å². The molecule has 8 nitrogen and oxygen atoms in total. The van der Waals surface area contributed by atoms with Crippen LogP contribution in [0, 0.1) is 10.1 Å². The standard InChI is InChI=1S/C19H18N4O4/c1-27-14-7-4-12(5-8-14)22-18(16-3-2-10-20-16)21-17-11-13(23(25)26)6-9-15(17)19(22)24/h4-9,11,16,20H,2-3,10H2,1H3. The zero-order valence-electron chi connectivity index (χ0n) is 14.7. The Morgan fingerprint density at radius 2 is 2.04 bits per heavy atom. The maximum atomic E-state index is 13.2. The van der Waals surface area contributed by atoms with Crippen LogP contribution in [0.25, 0.3) is 16.6 Å². The highest BCUT2D eigenvalue weighted by atomic mass is 16.6. The normalized spacial score (nSPS) is 16.6. The molecule has 1 atom stereocenters. The van der Waals surface area contributed by atoms with Gasteiger partial charge in [0.1, 0.15) is 11.6 Å². The molecular weight excluding hydrogens is 348 g/mol. The summed E-state index contributed by atoms with van der Waals surface area (Å²) < 4.78 is 6.77. The molecule has 1 saturated heterocycles. The number of nitro benzene ring substituents is 1. The molecule has 1 fully saturated rings. The largest absolute Gasteiger partial charge is 0.497 e. The fourth-order valence-corrected chi connectivity index (χ4v) is 3.42. The van der Waals surface area contributed by atoms with E-state index in [2.05, 4.69) is 10.3 Å². The average molecular weight is 366 g/mol. The van der Waals surface area contributed by atoms with Crippen LogP contribution in [-0.4, -0.2) is 28.1 Å². The smallest absolute Gasteiger partial charge is 0.271 e. The first-order valence-electron chi connectivity index (χ1n) is 8.67. The van der Waals surface area contributed by atoms with Gasteiger partial charge in [0.25, 0.3) is 11.2 Å². The summed E-state index contributed by atoms with van der Waals surface area (Å²) in [6.07, 6.45) is 1.83. The number of nitrogens with zero attached hydrogens (tertiary/aromatic N) is 3. The molecule has 138 valence electrons. The molecule has 1 unspecified atom stereocenters. The SMILES string of the molecule is COc1ccc(-n2c(C3CCCN3)nc3cc([N+](=O)[O-])ccc3c2=O)cc1. The maximum Gasteiger partial charge on any atom is 0.271 e. The van der Waals surface area contributed by atoms with E-state index in [0.717, 1.165) is 19.4 Å². The third kappa shape index (κ3) is 3.04. The third-order valence-electron chi connectivity index (χ3n) is 4.79. The summed E-state index contributed by atoms with van der Waals surface area (Å²) in [5, 5.41) is 14.8. The first-order valence-corrected chi connectivity index (χ1v) is 8.67. The van der Waals surface area contributed by atoms with E-state index in [-0.39, 0.29) is 17.3 Å². The molecule has 0 bridgehead atoms. The lowest BCUT2D eigenvalue weighted by Crippen LogP contribution is -2.28. The molecule has 2 aromatic carbocycles. The molecule has 0 amide bonds. The van der Waals surface area contributed by atoms with E-state index in [4.69, 9.17) is 4.74 Å². The molecule has 1 aliphatic heterocycles. The fraction of sp³-hybridized carbons (Fsp3) is 0.263. The number of methoxy groups -OCH3 is 1. The molecule has 0 aliphatic carbocycles. The molecule has 1 aromatic heterocycles. The highest BCUT2D eigenvalue weighted by Gasteiger charge is 2.24. The summed E-state index contributed by atoms with van der Waals surface area (Å²) in [7, 11) is 1.58. The van der Waals surface area contributed by atoms with E-state index in [0.29, 0.717) is 28.2 Å². The molecule has 3 aromatic rings. The lowest BCUT2D eigenvalue weighted by Gasteiger charge is -2.18. The van der Waals surface area contributed by atoms with Crippen molar-refractivity contribution >= 4 is 16.6 Å². The molecule has 0 spiro atoms. The predicted molar refractivity (Wildman–Crippen MR) is 101 cm³/mol. The van der Waals surface area contributed by atoms with E-state index in [9.17, 15) is 14.9 Å². The minimum Gasteiger partial charge on any atom is -0.497 e. The van der Waals surface area contributed by atoms with E-state index in [1.165, 1.54) is 18.2 Å². The van der Waals surface area contributed by atoms with Crippen LogP contribution in [0.3, 0.4) is 0 Å². The second-order valence-electron chi connectivity index (χ2n) is 6.42. The maximum absolute atomic E-state index is 13.2. The number of nitrogens with one attached hydrogen (secondary N) is 1. The van der Waals surface area contributed by atoms with Gasteiger partial charge in [-0.3, -0.25) is 19.5 Å². The Hall–Kier alpha value is -3.26. The lowest BCUT2D eigenvalue weighted by molar-refractivity contribution is -0.384.